The number of piperidine rings is 1. The highest BCUT2D eigenvalue weighted by molar-refractivity contribution is 6.09. The predicted octanol–water partition coefficient (Wildman–Crippen LogP) is 3.64. The van der Waals surface area contributed by atoms with Crippen molar-refractivity contribution in [1.82, 2.24) is 4.90 Å². The molecule has 0 saturated carbocycles. The molecule has 0 bridgehead atoms. The van der Waals surface area contributed by atoms with Gasteiger partial charge in [0.2, 0.25) is 0 Å². The van der Waals surface area contributed by atoms with Crippen molar-refractivity contribution in [3.8, 4) is 0 Å². The molecule has 1 fully saturated rings. The van der Waals surface area contributed by atoms with Gasteiger partial charge < -0.3 is 0 Å². The average molecular weight is 280 g/mol. The van der Waals surface area contributed by atoms with Crippen molar-refractivity contribution in [2.45, 2.75) is 26.2 Å². The van der Waals surface area contributed by atoms with Gasteiger partial charge in [0.15, 0.2) is 5.78 Å². The fraction of sp³-hybridized carbons (Fsp3) is 0.438. The molecule has 0 N–H and O–H groups in total. The standard InChI is InChI=1S/C16H21NO.ClH/c1-13-8-4-5-9-15(13)16(18)14(2)12-17-10-6-3-7-11-17;/h4-5,8-9H,2-3,6-7,10-12H2,1H3;1H. The van der Waals surface area contributed by atoms with E-state index in [9.17, 15) is 4.79 Å². The molecule has 1 aliphatic heterocycles. The highest BCUT2D eigenvalue weighted by Crippen LogP contribution is 2.15. The van der Waals surface area contributed by atoms with E-state index < -0.39 is 0 Å². The van der Waals surface area contributed by atoms with E-state index >= 15 is 0 Å². The second kappa shape index (κ2) is 7.46. The molecule has 3 heteroatoms. The first-order valence-corrected chi connectivity index (χ1v) is 6.69. The summed E-state index contributed by atoms with van der Waals surface area (Å²) in [6.45, 7) is 8.86. The van der Waals surface area contributed by atoms with Gasteiger partial charge in [-0.15, -0.1) is 12.4 Å². The molecule has 1 aromatic rings. The van der Waals surface area contributed by atoms with Crippen LogP contribution in [-0.4, -0.2) is 30.3 Å². The summed E-state index contributed by atoms with van der Waals surface area (Å²) in [5.41, 5.74) is 2.54. The van der Waals surface area contributed by atoms with Gasteiger partial charge in [-0.3, -0.25) is 9.69 Å². The van der Waals surface area contributed by atoms with Crippen molar-refractivity contribution < 1.29 is 4.79 Å². The first kappa shape index (κ1) is 15.9. The fourth-order valence-electron chi connectivity index (χ4n) is 2.48. The minimum atomic E-state index is 0. The molecule has 1 aromatic carbocycles. The van der Waals surface area contributed by atoms with Gasteiger partial charge in [0.25, 0.3) is 0 Å². The van der Waals surface area contributed by atoms with Crippen LogP contribution in [-0.2, 0) is 0 Å². The van der Waals surface area contributed by atoms with Crippen LogP contribution in [0.4, 0.5) is 0 Å². The first-order chi connectivity index (χ1) is 8.68. The number of Topliss-reactive ketones (excluding diaryl/α,β-unsaturated/α-hetero) is 1. The highest BCUT2D eigenvalue weighted by atomic mass is 35.5. The van der Waals surface area contributed by atoms with Gasteiger partial charge in [0, 0.05) is 17.7 Å². The van der Waals surface area contributed by atoms with Crippen LogP contribution in [0.15, 0.2) is 36.4 Å². The summed E-state index contributed by atoms with van der Waals surface area (Å²) in [6, 6.07) is 7.73. The topological polar surface area (TPSA) is 20.3 Å². The summed E-state index contributed by atoms with van der Waals surface area (Å²) < 4.78 is 0. The Labute approximate surface area is 121 Å². The molecule has 19 heavy (non-hydrogen) atoms. The SMILES string of the molecule is C=C(CN1CCCCC1)C(=O)c1ccccc1C.Cl. The summed E-state index contributed by atoms with van der Waals surface area (Å²) in [4.78, 5) is 14.6. The molecule has 0 spiro atoms. The van der Waals surface area contributed by atoms with E-state index in [1.54, 1.807) is 0 Å². The maximum absolute atomic E-state index is 12.3. The van der Waals surface area contributed by atoms with Crippen LogP contribution in [0.2, 0.25) is 0 Å². The fourth-order valence-corrected chi connectivity index (χ4v) is 2.48. The maximum atomic E-state index is 12.3. The summed E-state index contributed by atoms with van der Waals surface area (Å²) in [5, 5.41) is 0. The Hall–Kier alpha value is -1.12. The number of halogens is 1. The van der Waals surface area contributed by atoms with Gasteiger partial charge in [0.1, 0.15) is 0 Å². The normalized spacial score (nSPS) is 15.6. The summed E-state index contributed by atoms with van der Waals surface area (Å²) in [5.74, 6) is 0.0960. The van der Waals surface area contributed by atoms with Crippen LogP contribution in [0.5, 0.6) is 0 Å². The van der Waals surface area contributed by atoms with Crippen LogP contribution in [0.25, 0.3) is 0 Å². The van der Waals surface area contributed by atoms with Crippen molar-refractivity contribution in [2.24, 2.45) is 0 Å². The summed E-state index contributed by atoms with van der Waals surface area (Å²) >= 11 is 0. The van der Waals surface area contributed by atoms with Crippen LogP contribution in [0.3, 0.4) is 0 Å². The van der Waals surface area contributed by atoms with Crippen LogP contribution >= 0.6 is 12.4 Å². The number of ketones is 1. The van der Waals surface area contributed by atoms with Crippen molar-refractivity contribution in [3.05, 3.63) is 47.5 Å². The van der Waals surface area contributed by atoms with E-state index in [2.05, 4.69) is 11.5 Å². The Balaban J connectivity index is 0.00000180. The average Bonchev–Trinajstić information content (AvgIpc) is 2.39. The predicted molar refractivity (Wildman–Crippen MR) is 82.2 cm³/mol. The van der Waals surface area contributed by atoms with Gasteiger partial charge in [0.05, 0.1) is 0 Å². The van der Waals surface area contributed by atoms with Crippen molar-refractivity contribution in [2.75, 3.05) is 19.6 Å². The Morgan fingerprint density at radius 2 is 1.84 bits per heavy atom. The van der Waals surface area contributed by atoms with Gasteiger partial charge in [-0.25, -0.2) is 0 Å². The van der Waals surface area contributed by atoms with Crippen molar-refractivity contribution in [3.63, 3.8) is 0 Å². The molecule has 1 aliphatic rings. The van der Waals surface area contributed by atoms with Crippen LogP contribution in [0, 0.1) is 6.92 Å². The summed E-state index contributed by atoms with van der Waals surface area (Å²) in [6.07, 6.45) is 3.80. The highest BCUT2D eigenvalue weighted by Gasteiger charge is 2.16. The molecule has 1 saturated heterocycles. The van der Waals surface area contributed by atoms with Gasteiger partial charge >= 0.3 is 0 Å². The molecule has 0 aliphatic carbocycles. The molecule has 0 radical (unpaired) electrons. The molecule has 0 unspecified atom stereocenters. The molecule has 0 atom stereocenters. The minimum absolute atomic E-state index is 0. The zero-order valence-corrected chi connectivity index (χ0v) is 12.3. The number of hydrogen-bond donors (Lipinski definition) is 0. The molecule has 1 heterocycles. The number of nitrogens with zero attached hydrogens (tertiary/aromatic N) is 1. The molecule has 0 aromatic heterocycles. The van der Waals surface area contributed by atoms with E-state index in [0.717, 1.165) is 24.2 Å². The molecule has 2 nitrogen and oxygen atoms in total. The third kappa shape index (κ3) is 4.19. The number of hydrogen-bond acceptors (Lipinski definition) is 2. The third-order valence-corrected chi connectivity index (χ3v) is 3.57. The molecule has 0 amide bonds. The summed E-state index contributed by atoms with van der Waals surface area (Å²) in [7, 11) is 0. The molecular formula is C16H22ClNO. The lowest BCUT2D eigenvalue weighted by atomic mass is 9.99. The largest absolute Gasteiger partial charge is 0.299 e. The lowest BCUT2D eigenvalue weighted by molar-refractivity contribution is 0.102. The first-order valence-electron chi connectivity index (χ1n) is 6.69. The smallest absolute Gasteiger partial charge is 0.189 e. The number of likely N-dealkylation sites (tertiary alicyclic amines) is 1. The zero-order valence-electron chi connectivity index (χ0n) is 11.5. The molecule has 2 rings (SSSR count). The number of benzene rings is 1. The van der Waals surface area contributed by atoms with Crippen LogP contribution in [0.1, 0.15) is 35.2 Å². The second-order valence-electron chi connectivity index (χ2n) is 5.08. The Bertz CT molecular complexity index is 450. The number of carbonyl (C=O) groups excluding carboxylic acids is 1. The molecular weight excluding hydrogens is 258 g/mol. The van der Waals surface area contributed by atoms with Gasteiger partial charge in [-0.1, -0.05) is 37.3 Å². The zero-order chi connectivity index (χ0) is 13.0. The minimum Gasteiger partial charge on any atom is -0.299 e. The number of rotatable bonds is 4. The van der Waals surface area contributed by atoms with Gasteiger partial charge in [-0.2, -0.15) is 0 Å². The number of carbonyl (C=O) groups is 1. The van der Waals surface area contributed by atoms with E-state index in [4.69, 9.17) is 0 Å². The van der Waals surface area contributed by atoms with Crippen molar-refractivity contribution in [1.29, 1.82) is 0 Å². The van der Waals surface area contributed by atoms with Crippen LogP contribution < -0.4 is 0 Å². The lowest BCUT2D eigenvalue weighted by Crippen LogP contribution is -2.32. The van der Waals surface area contributed by atoms with E-state index in [-0.39, 0.29) is 18.2 Å². The van der Waals surface area contributed by atoms with E-state index in [1.807, 2.05) is 31.2 Å². The Morgan fingerprint density at radius 3 is 2.47 bits per heavy atom. The van der Waals surface area contributed by atoms with Crippen molar-refractivity contribution >= 4 is 18.2 Å². The Morgan fingerprint density at radius 1 is 1.21 bits per heavy atom. The Kier molecular flexibility index (Phi) is 6.26. The monoisotopic (exact) mass is 279 g/mol. The second-order valence-corrected chi connectivity index (χ2v) is 5.08. The maximum Gasteiger partial charge on any atom is 0.189 e. The molecule has 104 valence electrons. The third-order valence-electron chi connectivity index (χ3n) is 3.57. The van der Waals surface area contributed by atoms with Gasteiger partial charge in [-0.05, 0) is 38.4 Å². The number of aryl methyl sites for hydroxylation is 1. The van der Waals surface area contributed by atoms with E-state index in [0.29, 0.717) is 12.1 Å². The quantitative estimate of drug-likeness (QED) is 0.619. The van der Waals surface area contributed by atoms with E-state index in [1.165, 1.54) is 19.3 Å². The lowest BCUT2D eigenvalue weighted by Gasteiger charge is -2.26.